The number of carbonyl (C=O) groups excluding carboxylic acids is 1. The summed E-state index contributed by atoms with van der Waals surface area (Å²) >= 11 is 0. The number of ether oxygens (including phenoxy) is 1. The molecule has 0 saturated heterocycles. The lowest BCUT2D eigenvalue weighted by Crippen LogP contribution is -2.30. The molecular weight excluding hydrogens is 249 g/mol. The van der Waals surface area contributed by atoms with E-state index in [9.17, 15) is 9.18 Å². The van der Waals surface area contributed by atoms with Gasteiger partial charge in [0.15, 0.2) is 0 Å². The van der Waals surface area contributed by atoms with Crippen molar-refractivity contribution in [3.05, 3.63) is 41.3 Å². The van der Waals surface area contributed by atoms with Gasteiger partial charge in [-0.15, -0.1) is 0 Å². The second-order valence-electron chi connectivity index (χ2n) is 4.06. The number of nitrogens with one attached hydrogen (secondary N) is 2. The molecule has 100 valence electrons. The van der Waals surface area contributed by atoms with E-state index >= 15 is 0 Å². The number of benzene rings is 1. The van der Waals surface area contributed by atoms with E-state index in [4.69, 9.17) is 10.6 Å². The van der Waals surface area contributed by atoms with Crippen LogP contribution < -0.4 is 16.0 Å². The summed E-state index contributed by atoms with van der Waals surface area (Å²) in [5.74, 6) is 4.03. The fourth-order valence-corrected chi connectivity index (χ4v) is 1.85. The Labute approximate surface area is 109 Å². The molecule has 1 amide bonds. The Balaban J connectivity index is 2.57. The fraction of sp³-hybridized carbons (Fsp3) is 0.154. The van der Waals surface area contributed by atoms with Gasteiger partial charge in [-0.05, 0) is 31.2 Å². The van der Waals surface area contributed by atoms with Gasteiger partial charge in [-0.25, -0.2) is 10.2 Å². The molecule has 0 aliphatic carbocycles. The Morgan fingerprint density at radius 3 is 2.68 bits per heavy atom. The molecule has 0 bridgehead atoms. The summed E-state index contributed by atoms with van der Waals surface area (Å²) in [6, 6.07) is 6.25. The maximum absolute atomic E-state index is 13.9. The van der Waals surface area contributed by atoms with Crippen molar-refractivity contribution in [2.75, 3.05) is 7.11 Å². The standard InChI is InChI=1S/C13H14FN3O2/c1-7-3-4-11(16-7)9-5-10(14)8(13(18)17-15)6-12(9)19-2/h3-6,16H,15H2,1-2H3,(H,17,18). The van der Waals surface area contributed by atoms with E-state index in [1.165, 1.54) is 19.2 Å². The monoisotopic (exact) mass is 263 g/mol. The Morgan fingerprint density at radius 2 is 2.16 bits per heavy atom. The number of halogens is 1. The number of H-pyrrole nitrogens is 1. The van der Waals surface area contributed by atoms with Crippen LogP contribution in [0.2, 0.25) is 0 Å². The lowest BCUT2D eigenvalue weighted by Gasteiger charge is -2.10. The van der Waals surface area contributed by atoms with E-state index in [1.54, 1.807) is 0 Å². The van der Waals surface area contributed by atoms with Crippen molar-refractivity contribution < 1.29 is 13.9 Å². The Bertz CT molecular complexity index is 622. The summed E-state index contributed by atoms with van der Waals surface area (Å²) in [6.45, 7) is 1.89. The summed E-state index contributed by atoms with van der Waals surface area (Å²) in [5, 5.41) is 0. The number of hydrogen-bond acceptors (Lipinski definition) is 3. The maximum Gasteiger partial charge on any atom is 0.268 e. The number of hydrogen-bond donors (Lipinski definition) is 3. The number of amides is 1. The molecule has 0 aliphatic heterocycles. The van der Waals surface area contributed by atoms with E-state index in [1.807, 2.05) is 24.5 Å². The third-order valence-electron chi connectivity index (χ3n) is 2.79. The highest BCUT2D eigenvalue weighted by atomic mass is 19.1. The van der Waals surface area contributed by atoms with E-state index in [2.05, 4.69) is 4.98 Å². The molecule has 0 spiro atoms. The number of rotatable bonds is 3. The molecule has 2 aromatic rings. The van der Waals surface area contributed by atoms with Crippen molar-refractivity contribution in [1.29, 1.82) is 0 Å². The first-order valence-corrected chi connectivity index (χ1v) is 5.61. The summed E-state index contributed by atoms with van der Waals surface area (Å²) < 4.78 is 19.1. The smallest absolute Gasteiger partial charge is 0.268 e. The van der Waals surface area contributed by atoms with Gasteiger partial charge in [0.05, 0.1) is 12.7 Å². The van der Waals surface area contributed by atoms with Gasteiger partial charge in [0.1, 0.15) is 11.6 Å². The molecule has 1 aromatic heterocycles. The molecule has 5 nitrogen and oxygen atoms in total. The van der Waals surface area contributed by atoms with Crippen LogP contribution in [0.3, 0.4) is 0 Å². The van der Waals surface area contributed by atoms with Crippen LogP contribution in [0.4, 0.5) is 4.39 Å². The number of carbonyl (C=O) groups is 1. The molecule has 4 N–H and O–H groups in total. The third-order valence-corrected chi connectivity index (χ3v) is 2.79. The molecule has 1 aromatic carbocycles. The van der Waals surface area contributed by atoms with Crippen LogP contribution in [0.5, 0.6) is 5.75 Å². The highest BCUT2D eigenvalue weighted by molar-refractivity contribution is 5.95. The van der Waals surface area contributed by atoms with Crippen LogP contribution in [0.25, 0.3) is 11.3 Å². The van der Waals surface area contributed by atoms with Crippen molar-refractivity contribution in [3.63, 3.8) is 0 Å². The van der Waals surface area contributed by atoms with Crippen molar-refractivity contribution in [3.8, 4) is 17.0 Å². The second-order valence-corrected chi connectivity index (χ2v) is 4.06. The molecule has 0 radical (unpaired) electrons. The van der Waals surface area contributed by atoms with Gasteiger partial charge in [0, 0.05) is 17.0 Å². The number of aromatic amines is 1. The van der Waals surface area contributed by atoms with E-state index < -0.39 is 11.7 Å². The number of hydrazine groups is 1. The molecule has 0 saturated carbocycles. The van der Waals surface area contributed by atoms with Gasteiger partial charge in [-0.2, -0.15) is 0 Å². The van der Waals surface area contributed by atoms with Crippen LogP contribution in [-0.4, -0.2) is 18.0 Å². The number of aromatic nitrogens is 1. The minimum absolute atomic E-state index is 0.161. The van der Waals surface area contributed by atoms with Crippen LogP contribution in [0.15, 0.2) is 24.3 Å². The molecule has 6 heteroatoms. The van der Waals surface area contributed by atoms with Gasteiger partial charge in [-0.1, -0.05) is 0 Å². The van der Waals surface area contributed by atoms with Gasteiger partial charge in [0.25, 0.3) is 5.91 Å². The van der Waals surface area contributed by atoms with Gasteiger partial charge in [0.2, 0.25) is 0 Å². The predicted octanol–water partition coefficient (Wildman–Crippen LogP) is 1.74. The van der Waals surface area contributed by atoms with Crippen LogP contribution in [0, 0.1) is 12.7 Å². The van der Waals surface area contributed by atoms with Gasteiger partial charge < -0.3 is 9.72 Å². The van der Waals surface area contributed by atoms with Crippen molar-refractivity contribution in [1.82, 2.24) is 10.4 Å². The van der Waals surface area contributed by atoms with Crippen LogP contribution >= 0.6 is 0 Å². The lowest BCUT2D eigenvalue weighted by molar-refractivity contribution is 0.0949. The van der Waals surface area contributed by atoms with Gasteiger partial charge in [-0.3, -0.25) is 10.2 Å². The summed E-state index contributed by atoms with van der Waals surface area (Å²) in [4.78, 5) is 14.5. The van der Waals surface area contributed by atoms with E-state index in [0.29, 0.717) is 17.0 Å². The quantitative estimate of drug-likeness (QED) is 0.448. The largest absolute Gasteiger partial charge is 0.496 e. The zero-order chi connectivity index (χ0) is 14.0. The molecular formula is C13H14FN3O2. The maximum atomic E-state index is 13.9. The number of nitrogens with two attached hydrogens (primary N) is 1. The summed E-state index contributed by atoms with van der Waals surface area (Å²) in [6.07, 6.45) is 0. The average Bonchev–Trinajstić information content (AvgIpc) is 2.84. The topological polar surface area (TPSA) is 80.1 Å². The first kappa shape index (κ1) is 13.1. The number of nitrogen functional groups attached to an aromatic ring is 1. The summed E-state index contributed by atoms with van der Waals surface area (Å²) in [7, 11) is 1.46. The first-order valence-electron chi connectivity index (χ1n) is 5.61. The van der Waals surface area contributed by atoms with Crippen LogP contribution in [0.1, 0.15) is 16.1 Å². The molecule has 0 fully saturated rings. The Morgan fingerprint density at radius 1 is 1.42 bits per heavy atom. The van der Waals surface area contributed by atoms with Crippen molar-refractivity contribution in [2.24, 2.45) is 5.84 Å². The zero-order valence-electron chi connectivity index (χ0n) is 10.6. The fourth-order valence-electron chi connectivity index (χ4n) is 1.85. The molecule has 19 heavy (non-hydrogen) atoms. The average molecular weight is 263 g/mol. The molecule has 0 atom stereocenters. The molecule has 0 aliphatic rings. The summed E-state index contributed by atoms with van der Waals surface area (Å²) in [5.41, 5.74) is 3.94. The van der Waals surface area contributed by atoms with Gasteiger partial charge >= 0.3 is 0 Å². The van der Waals surface area contributed by atoms with Crippen LogP contribution in [-0.2, 0) is 0 Å². The highest BCUT2D eigenvalue weighted by Gasteiger charge is 2.17. The van der Waals surface area contributed by atoms with E-state index in [-0.39, 0.29) is 5.56 Å². The first-order chi connectivity index (χ1) is 9.06. The van der Waals surface area contributed by atoms with Crippen molar-refractivity contribution >= 4 is 5.91 Å². The minimum atomic E-state index is -0.704. The Kier molecular flexibility index (Phi) is 3.52. The van der Waals surface area contributed by atoms with E-state index in [0.717, 1.165) is 5.69 Å². The molecule has 2 rings (SSSR count). The number of methoxy groups -OCH3 is 1. The second kappa shape index (κ2) is 5.11. The Hall–Kier alpha value is -2.34. The third kappa shape index (κ3) is 2.43. The zero-order valence-corrected chi connectivity index (χ0v) is 10.6. The molecule has 1 heterocycles. The lowest BCUT2D eigenvalue weighted by atomic mass is 10.1. The van der Waals surface area contributed by atoms with Crippen molar-refractivity contribution in [2.45, 2.75) is 6.92 Å². The minimum Gasteiger partial charge on any atom is -0.496 e. The number of aryl methyl sites for hydroxylation is 1. The normalized spacial score (nSPS) is 10.3. The highest BCUT2D eigenvalue weighted by Crippen LogP contribution is 2.31. The molecule has 0 unspecified atom stereocenters. The predicted molar refractivity (Wildman–Crippen MR) is 69.1 cm³/mol. The SMILES string of the molecule is COc1cc(C(=O)NN)c(F)cc1-c1ccc(C)[nH]1.